The van der Waals surface area contributed by atoms with Crippen LogP contribution in [0.3, 0.4) is 0 Å². The van der Waals surface area contributed by atoms with Crippen molar-refractivity contribution in [2.24, 2.45) is 0 Å². The van der Waals surface area contributed by atoms with Gasteiger partial charge in [-0.15, -0.1) is 0 Å². The summed E-state index contributed by atoms with van der Waals surface area (Å²) in [6, 6.07) is 4.24. The lowest BCUT2D eigenvalue weighted by Crippen LogP contribution is -2.10. The smallest absolute Gasteiger partial charge is 0.303 e. The molecule has 1 aromatic rings. The van der Waals surface area contributed by atoms with Gasteiger partial charge in [0, 0.05) is 6.92 Å². The fraction of sp³-hybridized carbons (Fsp3) is 0.533. The number of rotatable bonds is 4. The molecule has 0 aromatic heterocycles. The normalized spacial score (nSPS) is 12.3. The first-order valence-corrected chi connectivity index (χ1v) is 6.27. The van der Waals surface area contributed by atoms with Crippen LogP contribution in [-0.2, 0) is 16.0 Å². The van der Waals surface area contributed by atoms with Crippen LogP contribution in [0.1, 0.15) is 55.5 Å². The van der Waals surface area contributed by atoms with Crippen molar-refractivity contribution in [2.75, 3.05) is 0 Å². The predicted octanol–water partition coefficient (Wildman–Crippen LogP) is 3.88. The second-order valence-electron chi connectivity index (χ2n) is 4.42. The van der Waals surface area contributed by atoms with E-state index in [0.29, 0.717) is 0 Å². The van der Waals surface area contributed by atoms with E-state index in [1.54, 1.807) is 0 Å². The van der Waals surface area contributed by atoms with Gasteiger partial charge >= 0.3 is 5.97 Å². The largest absolute Gasteiger partial charge is 0.458 e. The van der Waals surface area contributed by atoms with E-state index in [0.717, 1.165) is 18.4 Å². The summed E-state index contributed by atoms with van der Waals surface area (Å²) in [5, 5.41) is 0. The molecule has 0 aliphatic carbocycles. The Bertz CT molecular complexity index is 408. The molecule has 0 aliphatic rings. The molecule has 0 saturated carbocycles. The van der Waals surface area contributed by atoms with Crippen molar-refractivity contribution in [3.05, 3.63) is 34.4 Å². The van der Waals surface area contributed by atoms with Gasteiger partial charge in [-0.25, -0.2) is 0 Å². The summed E-state index contributed by atoms with van der Waals surface area (Å²) in [5.74, 6) is -0.214. The van der Waals surface area contributed by atoms with Gasteiger partial charge in [-0.1, -0.05) is 26.0 Å². The van der Waals surface area contributed by atoms with E-state index in [9.17, 15) is 4.79 Å². The Morgan fingerprint density at radius 1 is 1.24 bits per heavy atom. The lowest BCUT2D eigenvalue weighted by atomic mass is 9.93. The number of ether oxygens (including phenoxy) is 1. The molecule has 0 spiro atoms. The molecule has 94 valence electrons. The Balaban J connectivity index is 3.12. The van der Waals surface area contributed by atoms with Crippen molar-refractivity contribution in [3.8, 4) is 0 Å². The highest BCUT2D eigenvalue weighted by molar-refractivity contribution is 5.66. The predicted molar refractivity (Wildman–Crippen MR) is 70.1 cm³/mol. The van der Waals surface area contributed by atoms with Gasteiger partial charge in [0.1, 0.15) is 6.10 Å². The van der Waals surface area contributed by atoms with Crippen molar-refractivity contribution >= 4 is 5.97 Å². The third kappa shape index (κ3) is 3.09. The summed E-state index contributed by atoms with van der Waals surface area (Å²) in [5.41, 5.74) is 5.06. The molecule has 0 bridgehead atoms. The van der Waals surface area contributed by atoms with Crippen molar-refractivity contribution in [1.82, 2.24) is 0 Å². The third-order valence-corrected chi connectivity index (χ3v) is 3.35. The molecule has 0 heterocycles. The Morgan fingerprint density at radius 2 is 1.88 bits per heavy atom. The first-order valence-electron chi connectivity index (χ1n) is 6.27. The molecule has 0 amide bonds. The lowest BCUT2D eigenvalue weighted by molar-refractivity contribution is -0.146. The van der Waals surface area contributed by atoms with Crippen molar-refractivity contribution in [3.63, 3.8) is 0 Å². The van der Waals surface area contributed by atoms with Crippen LogP contribution in [0.5, 0.6) is 0 Å². The van der Waals surface area contributed by atoms with E-state index >= 15 is 0 Å². The summed E-state index contributed by atoms with van der Waals surface area (Å²) in [6.07, 6.45) is 1.74. The minimum atomic E-state index is -0.214. The van der Waals surface area contributed by atoms with Crippen LogP contribution in [-0.4, -0.2) is 5.97 Å². The molecule has 2 heteroatoms. The van der Waals surface area contributed by atoms with Crippen LogP contribution in [0.25, 0.3) is 0 Å². The fourth-order valence-corrected chi connectivity index (χ4v) is 2.20. The highest BCUT2D eigenvalue weighted by Crippen LogP contribution is 2.28. The van der Waals surface area contributed by atoms with Gasteiger partial charge in [-0.2, -0.15) is 0 Å². The molecular formula is C15H22O2. The van der Waals surface area contributed by atoms with Crippen LogP contribution in [0.15, 0.2) is 12.1 Å². The fourth-order valence-electron chi connectivity index (χ4n) is 2.20. The summed E-state index contributed by atoms with van der Waals surface area (Å²) in [6.45, 7) is 9.90. The van der Waals surface area contributed by atoms with Gasteiger partial charge < -0.3 is 4.74 Å². The van der Waals surface area contributed by atoms with E-state index in [2.05, 4.69) is 32.9 Å². The Morgan fingerprint density at radius 3 is 2.35 bits per heavy atom. The zero-order valence-corrected chi connectivity index (χ0v) is 11.5. The summed E-state index contributed by atoms with van der Waals surface area (Å²) < 4.78 is 5.36. The van der Waals surface area contributed by atoms with Crippen LogP contribution in [0.4, 0.5) is 0 Å². The standard InChI is InChI=1S/C15H22O2/c1-6-13-8-9-14(11(4)10(13)3)15(7-2)17-12(5)16/h8-9,15H,6-7H2,1-5H3. The van der Waals surface area contributed by atoms with Crippen molar-refractivity contribution < 1.29 is 9.53 Å². The number of carbonyl (C=O) groups is 1. The quantitative estimate of drug-likeness (QED) is 0.739. The molecule has 0 radical (unpaired) electrons. The van der Waals surface area contributed by atoms with Crippen LogP contribution >= 0.6 is 0 Å². The minimum absolute atomic E-state index is 0.114. The van der Waals surface area contributed by atoms with Crippen molar-refractivity contribution in [1.29, 1.82) is 0 Å². The maximum atomic E-state index is 11.1. The zero-order valence-electron chi connectivity index (χ0n) is 11.5. The van der Waals surface area contributed by atoms with Crippen LogP contribution in [0.2, 0.25) is 0 Å². The molecule has 0 fully saturated rings. The molecule has 1 rings (SSSR count). The van der Waals surface area contributed by atoms with E-state index in [-0.39, 0.29) is 12.1 Å². The average Bonchev–Trinajstić information content (AvgIpc) is 2.29. The van der Waals surface area contributed by atoms with Gasteiger partial charge in [0.25, 0.3) is 0 Å². The van der Waals surface area contributed by atoms with Crippen molar-refractivity contribution in [2.45, 2.75) is 53.6 Å². The Kier molecular flexibility index (Phi) is 4.73. The lowest BCUT2D eigenvalue weighted by Gasteiger charge is -2.20. The van der Waals surface area contributed by atoms with Crippen LogP contribution < -0.4 is 0 Å². The van der Waals surface area contributed by atoms with E-state index in [4.69, 9.17) is 4.74 Å². The number of hydrogen-bond acceptors (Lipinski definition) is 2. The molecule has 2 nitrogen and oxygen atoms in total. The number of carbonyl (C=O) groups excluding carboxylic acids is 1. The topological polar surface area (TPSA) is 26.3 Å². The molecule has 1 atom stereocenters. The second kappa shape index (κ2) is 5.85. The first kappa shape index (κ1) is 13.8. The highest BCUT2D eigenvalue weighted by Gasteiger charge is 2.16. The third-order valence-electron chi connectivity index (χ3n) is 3.35. The maximum absolute atomic E-state index is 11.1. The Labute approximate surface area is 104 Å². The molecular weight excluding hydrogens is 212 g/mol. The summed E-state index contributed by atoms with van der Waals surface area (Å²) in [4.78, 5) is 11.1. The highest BCUT2D eigenvalue weighted by atomic mass is 16.5. The average molecular weight is 234 g/mol. The number of aryl methyl sites for hydroxylation is 1. The van der Waals surface area contributed by atoms with Gasteiger partial charge in [0.05, 0.1) is 0 Å². The SMILES string of the molecule is CCc1ccc(C(CC)OC(C)=O)c(C)c1C. The van der Waals surface area contributed by atoms with Crippen LogP contribution in [0, 0.1) is 13.8 Å². The second-order valence-corrected chi connectivity index (χ2v) is 4.42. The molecule has 0 saturated heterocycles. The number of esters is 1. The molecule has 0 N–H and O–H groups in total. The van der Waals surface area contributed by atoms with Gasteiger partial charge in [-0.3, -0.25) is 4.79 Å². The molecule has 1 unspecified atom stereocenters. The zero-order chi connectivity index (χ0) is 13.0. The first-order chi connectivity index (χ1) is 8.01. The van der Waals surface area contributed by atoms with E-state index in [1.807, 2.05) is 6.92 Å². The maximum Gasteiger partial charge on any atom is 0.303 e. The Hall–Kier alpha value is -1.31. The summed E-state index contributed by atoms with van der Waals surface area (Å²) >= 11 is 0. The number of benzene rings is 1. The minimum Gasteiger partial charge on any atom is -0.458 e. The van der Waals surface area contributed by atoms with Gasteiger partial charge in [-0.05, 0) is 48.9 Å². The molecule has 1 aromatic carbocycles. The van der Waals surface area contributed by atoms with E-state index < -0.39 is 0 Å². The monoisotopic (exact) mass is 234 g/mol. The van der Waals surface area contributed by atoms with Gasteiger partial charge in [0.15, 0.2) is 0 Å². The van der Waals surface area contributed by atoms with Gasteiger partial charge in [0.2, 0.25) is 0 Å². The van der Waals surface area contributed by atoms with E-state index in [1.165, 1.54) is 23.6 Å². The molecule has 17 heavy (non-hydrogen) atoms. The summed E-state index contributed by atoms with van der Waals surface area (Å²) in [7, 11) is 0. The molecule has 0 aliphatic heterocycles. The number of hydrogen-bond donors (Lipinski definition) is 0.